The lowest BCUT2D eigenvalue weighted by atomic mass is 9.85. The molecule has 1 aromatic heterocycles. The van der Waals surface area contributed by atoms with Crippen molar-refractivity contribution in [3.8, 4) is 0 Å². The van der Waals surface area contributed by atoms with Crippen molar-refractivity contribution < 1.29 is 22.8 Å². The van der Waals surface area contributed by atoms with Crippen molar-refractivity contribution in [1.82, 2.24) is 19.8 Å². The SMILES string of the molecule is Cc1ccc(S(=O)(=O)NCC(=O)N2C[C@@H]3C[C@H]2CN3C(=O)C(NC(=O)c2cc3ccccc3s2)C(C)(C)C)c(Cl)c1. The number of thiophene rings is 1. The number of amides is 3. The van der Waals surface area contributed by atoms with Crippen LogP contribution in [0.1, 0.15) is 42.4 Å². The Morgan fingerprint density at radius 2 is 1.73 bits per heavy atom. The number of piperazine rings is 1. The van der Waals surface area contributed by atoms with Crippen LogP contribution in [0.25, 0.3) is 10.1 Å². The minimum absolute atomic E-state index is 0.0804. The summed E-state index contributed by atoms with van der Waals surface area (Å²) < 4.78 is 28.8. The lowest BCUT2D eigenvalue weighted by molar-refractivity contribution is -0.142. The molecule has 9 nitrogen and oxygen atoms in total. The van der Waals surface area contributed by atoms with E-state index in [1.807, 2.05) is 51.1 Å². The smallest absolute Gasteiger partial charge is 0.262 e. The molecule has 0 aliphatic carbocycles. The third-order valence-electron chi connectivity index (χ3n) is 7.67. The molecule has 3 aromatic rings. The topological polar surface area (TPSA) is 116 Å². The van der Waals surface area contributed by atoms with E-state index in [1.54, 1.807) is 28.9 Å². The van der Waals surface area contributed by atoms with Gasteiger partial charge in [0.1, 0.15) is 10.9 Å². The summed E-state index contributed by atoms with van der Waals surface area (Å²) >= 11 is 7.50. The number of likely N-dealkylation sites (tertiary alicyclic amines) is 2. The maximum Gasteiger partial charge on any atom is 0.262 e. The molecule has 12 heteroatoms. The number of nitrogens with one attached hydrogen (secondary N) is 2. The van der Waals surface area contributed by atoms with E-state index in [2.05, 4.69) is 10.0 Å². The minimum Gasteiger partial charge on any atom is -0.339 e. The monoisotopic (exact) mass is 616 g/mol. The van der Waals surface area contributed by atoms with Crippen molar-refractivity contribution in [2.45, 2.75) is 57.1 Å². The molecule has 2 aromatic carbocycles. The molecule has 5 rings (SSSR count). The summed E-state index contributed by atoms with van der Waals surface area (Å²) in [6.45, 7) is 7.78. The molecule has 1 unspecified atom stereocenters. The number of sulfonamides is 1. The van der Waals surface area contributed by atoms with Crippen molar-refractivity contribution in [2.24, 2.45) is 5.41 Å². The summed E-state index contributed by atoms with van der Waals surface area (Å²) in [6, 6.07) is 13.0. The molecule has 2 aliphatic heterocycles. The molecule has 3 atom stereocenters. The van der Waals surface area contributed by atoms with Gasteiger partial charge in [-0.2, -0.15) is 0 Å². The fourth-order valence-electron chi connectivity index (χ4n) is 5.51. The maximum atomic E-state index is 13.8. The number of rotatable bonds is 7. The van der Waals surface area contributed by atoms with Crippen LogP contribution in [-0.2, 0) is 19.6 Å². The summed E-state index contributed by atoms with van der Waals surface area (Å²) in [6.07, 6.45) is 0.606. The van der Waals surface area contributed by atoms with Crippen molar-refractivity contribution in [3.05, 3.63) is 64.0 Å². The van der Waals surface area contributed by atoms with Crippen LogP contribution in [0, 0.1) is 12.3 Å². The van der Waals surface area contributed by atoms with Crippen molar-refractivity contribution in [1.29, 1.82) is 0 Å². The van der Waals surface area contributed by atoms with Crippen LogP contribution in [0.15, 0.2) is 53.4 Å². The molecule has 2 N–H and O–H groups in total. The largest absolute Gasteiger partial charge is 0.339 e. The minimum atomic E-state index is -3.97. The van der Waals surface area contributed by atoms with Gasteiger partial charge in [-0.05, 0) is 54.0 Å². The Balaban J connectivity index is 1.22. The van der Waals surface area contributed by atoms with Gasteiger partial charge in [-0.1, -0.05) is 56.6 Å². The van der Waals surface area contributed by atoms with E-state index in [-0.39, 0.29) is 39.7 Å². The molecule has 2 aliphatic rings. The average Bonchev–Trinajstić information content (AvgIpc) is 3.63. The molecular formula is C29H33ClN4O5S2. The predicted octanol–water partition coefficient (Wildman–Crippen LogP) is 3.80. The highest BCUT2D eigenvalue weighted by molar-refractivity contribution is 7.89. The Bertz CT molecular complexity index is 1600. The Kier molecular flexibility index (Phi) is 7.92. The second-order valence-electron chi connectivity index (χ2n) is 11.8. The molecule has 218 valence electrons. The molecule has 0 saturated carbocycles. The van der Waals surface area contributed by atoms with E-state index >= 15 is 0 Å². The third-order valence-corrected chi connectivity index (χ3v) is 10.7. The number of hydrogen-bond donors (Lipinski definition) is 2. The first-order chi connectivity index (χ1) is 19.2. The number of halogens is 1. The zero-order valence-electron chi connectivity index (χ0n) is 23.3. The zero-order valence-corrected chi connectivity index (χ0v) is 25.7. The van der Waals surface area contributed by atoms with Gasteiger partial charge in [0, 0.05) is 17.8 Å². The van der Waals surface area contributed by atoms with Crippen LogP contribution in [0.4, 0.5) is 0 Å². The van der Waals surface area contributed by atoms with Crippen LogP contribution in [0.2, 0.25) is 5.02 Å². The molecule has 3 amide bonds. The predicted molar refractivity (Wildman–Crippen MR) is 160 cm³/mol. The number of carbonyl (C=O) groups is 3. The molecule has 2 saturated heterocycles. The Morgan fingerprint density at radius 1 is 1.05 bits per heavy atom. The Labute approximate surface area is 248 Å². The van der Waals surface area contributed by atoms with Gasteiger partial charge in [-0.25, -0.2) is 13.1 Å². The van der Waals surface area contributed by atoms with Gasteiger partial charge in [0.15, 0.2) is 0 Å². The zero-order chi connectivity index (χ0) is 29.7. The number of fused-ring (bicyclic) bond motifs is 3. The standard InChI is InChI=1S/C29H33ClN4O5S2/c1-17-9-10-24(21(30)11-17)41(38,39)31-14-25(35)33-15-20-13-19(33)16-34(20)28(37)26(29(2,3)4)32-27(36)23-12-18-7-5-6-8-22(18)40-23/h5-12,19-20,26,31H,13-16H2,1-4H3,(H,32,36)/t19-,20-,26?/m0/s1. The molecule has 41 heavy (non-hydrogen) atoms. The quantitative estimate of drug-likeness (QED) is 0.419. The first-order valence-electron chi connectivity index (χ1n) is 13.4. The van der Waals surface area contributed by atoms with Gasteiger partial charge >= 0.3 is 0 Å². The van der Waals surface area contributed by atoms with Crippen LogP contribution in [-0.4, -0.2) is 73.7 Å². The molecule has 2 fully saturated rings. The highest BCUT2D eigenvalue weighted by Crippen LogP contribution is 2.34. The highest BCUT2D eigenvalue weighted by Gasteiger charge is 2.49. The van der Waals surface area contributed by atoms with Crippen molar-refractivity contribution in [2.75, 3.05) is 19.6 Å². The second kappa shape index (κ2) is 11.0. The van der Waals surface area contributed by atoms with Gasteiger partial charge in [0.25, 0.3) is 5.91 Å². The van der Waals surface area contributed by atoms with E-state index in [0.29, 0.717) is 24.4 Å². The van der Waals surface area contributed by atoms with Crippen molar-refractivity contribution >= 4 is 60.8 Å². The molecular weight excluding hydrogens is 584 g/mol. The van der Waals surface area contributed by atoms with Gasteiger partial charge in [0.05, 0.1) is 28.5 Å². The molecule has 2 bridgehead atoms. The first kappa shape index (κ1) is 29.5. The van der Waals surface area contributed by atoms with E-state index in [1.165, 1.54) is 17.4 Å². The van der Waals surface area contributed by atoms with Crippen LogP contribution in [0.5, 0.6) is 0 Å². The summed E-state index contributed by atoms with van der Waals surface area (Å²) in [4.78, 5) is 43.8. The normalized spacial score (nSPS) is 19.5. The van der Waals surface area contributed by atoms with Crippen LogP contribution in [0.3, 0.4) is 0 Å². The lowest BCUT2D eigenvalue weighted by Crippen LogP contribution is -2.59. The number of hydrogen-bond acceptors (Lipinski definition) is 6. The Hall–Kier alpha value is -2.99. The number of benzene rings is 2. The van der Waals surface area contributed by atoms with Crippen LogP contribution >= 0.6 is 22.9 Å². The number of nitrogens with zero attached hydrogens (tertiary/aromatic N) is 2. The van der Waals surface area contributed by atoms with E-state index in [0.717, 1.165) is 15.6 Å². The van der Waals surface area contributed by atoms with Gasteiger partial charge in [0.2, 0.25) is 21.8 Å². The highest BCUT2D eigenvalue weighted by atomic mass is 35.5. The molecule has 0 radical (unpaired) electrons. The third kappa shape index (κ3) is 5.99. The fraction of sp³-hybridized carbons (Fsp3) is 0.414. The fourth-order valence-corrected chi connectivity index (χ4v) is 8.05. The average molecular weight is 617 g/mol. The first-order valence-corrected chi connectivity index (χ1v) is 16.1. The lowest BCUT2D eigenvalue weighted by Gasteiger charge is -2.39. The number of aryl methyl sites for hydroxylation is 1. The number of carbonyl (C=O) groups excluding carboxylic acids is 3. The van der Waals surface area contributed by atoms with E-state index in [9.17, 15) is 22.8 Å². The Morgan fingerprint density at radius 3 is 2.37 bits per heavy atom. The summed E-state index contributed by atoms with van der Waals surface area (Å²) in [5.74, 6) is -0.829. The van der Waals surface area contributed by atoms with E-state index in [4.69, 9.17) is 11.6 Å². The van der Waals surface area contributed by atoms with E-state index < -0.39 is 28.0 Å². The van der Waals surface area contributed by atoms with Crippen LogP contribution < -0.4 is 10.0 Å². The molecule has 0 spiro atoms. The summed E-state index contributed by atoms with van der Waals surface area (Å²) in [5, 5.41) is 4.05. The maximum absolute atomic E-state index is 13.8. The summed E-state index contributed by atoms with van der Waals surface area (Å²) in [7, 11) is -3.97. The van der Waals surface area contributed by atoms with Gasteiger partial charge in [-0.15, -0.1) is 11.3 Å². The summed E-state index contributed by atoms with van der Waals surface area (Å²) in [5.41, 5.74) is 0.279. The van der Waals surface area contributed by atoms with Gasteiger partial charge in [-0.3, -0.25) is 14.4 Å². The van der Waals surface area contributed by atoms with Gasteiger partial charge < -0.3 is 15.1 Å². The second-order valence-corrected chi connectivity index (χ2v) is 15.0. The van der Waals surface area contributed by atoms with Crippen molar-refractivity contribution in [3.63, 3.8) is 0 Å². The molecule has 3 heterocycles.